The number of anilines is 3. The van der Waals surface area contributed by atoms with Crippen molar-refractivity contribution in [3.63, 3.8) is 0 Å². The number of rotatable bonds is 5. The Morgan fingerprint density at radius 2 is 2.00 bits per heavy atom. The van der Waals surface area contributed by atoms with Crippen LogP contribution in [0.3, 0.4) is 0 Å². The molecular formula is C15H12Cl2N6. The normalized spacial score (nSPS) is 10.3. The van der Waals surface area contributed by atoms with Gasteiger partial charge in [-0.3, -0.25) is 4.98 Å². The molecule has 0 atom stereocenters. The summed E-state index contributed by atoms with van der Waals surface area (Å²) in [7, 11) is 0. The van der Waals surface area contributed by atoms with Crippen molar-refractivity contribution in [3.05, 3.63) is 64.5 Å². The highest BCUT2D eigenvalue weighted by Gasteiger charge is 2.05. The molecule has 6 nitrogen and oxygen atoms in total. The SMILES string of the molecule is Clc1ccc(Cl)c(Nc2nncc(NCc3ccccn3)n2)c1. The van der Waals surface area contributed by atoms with Crippen LogP contribution in [0.5, 0.6) is 0 Å². The van der Waals surface area contributed by atoms with Crippen molar-refractivity contribution in [1.82, 2.24) is 20.2 Å². The lowest BCUT2D eigenvalue weighted by atomic mass is 10.3. The zero-order chi connectivity index (χ0) is 16.1. The molecule has 8 heteroatoms. The van der Waals surface area contributed by atoms with Crippen LogP contribution in [0.1, 0.15) is 5.69 Å². The van der Waals surface area contributed by atoms with E-state index in [9.17, 15) is 0 Å². The molecule has 0 radical (unpaired) electrons. The van der Waals surface area contributed by atoms with E-state index in [1.807, 2.05) is 18.2 Å². The van der Waals surface area contributed by atoms with Crippen LogP contribution in [0, 0.1) is 0 Å². The molecule has 3 aromatic rings. The Labute approximate surface area is 142 Å². The monoisotopic (exact) mass is 346 g/mol. The summed E-state index contributed by atoms with van der Waals surface area (Å²) in [6.07, 6.45) is 3.27. The maximum absolute atomic E-state index is 6.11. The van der Waals surface area contributed by atoms with Gasteiger partial charge in [0.15, 0.2) is 5.82 Å². The molecule has 3 rings (SSSR count). The van der Waals surface area contributed by atoms with Crippen LogP contribution in [0.4, 0.5) is 17.5 Å². The molecule has 0 spiro atoms. The lowest BCUT2D eigenvalue weighted by molar-refractivity contribution is 0.955. The Morgan fingerprint density at radius 3 is 2.83 bits per heavy atom. The van der Waals surface area contributed by atoms with Crippen LogP contribution in [-0.4, -0.2) is 20.2 Å². The molecular weight excluding hydrogens is 335 g/mol. The molecule has 2 aromatic heterocycles. The van der Waals surface area contributed by atoms with Gasteiger partial charge in [-0.2, -0.15) is 10.1 Å². The van der Waals surface area contributed by atoms with Gasteiger partial charge in [-0.05, 0) is 30.3 Å². The standard InChI is InChI=1S/C15H12Cl2N6/c16-10-4-5-12(17)13(7-10)21-15-22-14(9-20-23-15)19-8-11-3-1-2-6-18-11/h1-7,9H,8H2,(H2,19,21,22,23). The van der Waals surface area contributed by atoms with E-state index in [1.54, 1.807) is 24.4 Å². The first-order chi connectivity index (χ1) is 11.2. The van der Waals surface area contributed by atoms with Crippen LogP contribution in [0.15, 0.2) is 48.8 Å². The first kappa shape index (κ1) is 15.5. The van der Waals surface area contributed by atoms with E-state index in [0.717, 1.165) is 5.69 Å². The van der Waals surface area contributed by atoms with E-state index in [4.69, 9.17) is 23.2 Å². The largest absolute Gasteiger partial charge is 0.363 e. The van der Waals surface area contributed by atoms with Gasteiger partial charge < -0.3 is 10.6 Å². The third-order valence-corrected chi connectivity index (χ3v) is 3.48. The number of nitrogens with zero attached hydrogens (tertiary/aromatic N) is 4. The molecule has 0 bridgehead atoms. The van der Waals surface area contributed by atoms with E-state index in [2.05, 4.69) is 30.8 Å². The fourth-order valence-electron chi connectivity index (χ4n) is 1.84. The van der Waals surface area contributed by atoms with Gasteiger partial charge >= 0.3 is 0 Å². The second-order valence-electron chi connectivity index (χ2n) is 4.59. The van der Waals surface area contributed by atoms with E-state index in [1.165, 1.54) is 6.20 Å². The number of benzene rings is 1. The minimum atomic E-state index is 0.320. The molecule has 0 aliphatic rings. The van der Waals surface area contributed by atoms with Crippen molar-refractivity contribution in [1.29, 1.82) is 0 Å². The average molecular weight is 347 g/mol. The fraction of sp³-hybridized carbons (Fsp3) is 0.0667. The van der Waals surface area contributed by atoms with Crippen molar-refractivity contribution in [2.75, 3.05) is 10.6 Å². The highest BCUT2D eigenvalue weighted by atomic mass is 35.5. The van der Waals surface area contributed by atoms with Crippen LogP contribution < -0.4 is 10.6 Å². The summed E-state index contributed by atoms with van der Waals surface area (Å²) in [5, 5.41) is 15.1. The third kappa shape index (κ3) is 4.28. The maximum atomic E-state index is 6.11. The fourth-order valence-corrected chi connectivity index (χ4v) is 2.18. The molecule has 0 amide bonds. The Bertz CT molecular complexity index is 797. The molecule has 0 saturated carbocycles. The van der Waals surface area contributed by atoms with Crippen molar-refractivity contribution in [2.45, 2.75) is 6.54 Å². The highest BCUT2D eigenvalue weighted by Crippen LogP contribution is 2.27. The summed E-state index contributed by atoms with van der Waals surface area (Å²) in [4.78, 5) is 8.56. The van der Waals surface area contributed by atoms with Crippen molar-refractivity contribution >= 4 is 40.7 Å². The molecule has 0 fully saturated rings. The number of halogens is 2. The number of pyridine rings is 1. The quantitative estimate of drug-likeness (QED) is 0.728. The minimum absolute atomic E-state index is 0.320. The van der Waals surface area contributed by atoms with Crippen molar-refractivity contribution in [2.24, 2.45) is 0 Å². The topological polar surface area (TPSA) is 75.6 Å². The van der Waals surface area contributed by atoms with Gasteiger partial charge in [0.2, 0.25) is 5.95 Å². The summed E-state index contributed by atoms with van der Waals surface area (Å²) in [5.41, 5.74) is 1.52. The minimum Gasteiger partial charge on any atom is -0.363 e. The van der Waals surface area contributed by atoms with Gasteiger partial charge in [-0.25, -0.2) is 0 Å². The Kier molecular flexibility index (Phi) is 4.85. The molecule has 2 N–H and O–H groups in total. The van der Waals surface area contributed by atoms with Gasteiger partial charge in [-0.1, -0.05) is 29.3 Å². The van der Waals surface area contributed by atoms with Crippen LogP contribution in [0.2, 0.25) is 10.0 Å². The molecule has 2 heterocycles. The van der Waals surface area contributed by atoms with Crippen LogP contribution in [-0.2, 0) is 6.54 Å². The number of hydrogen-bond acceptors (Lipinski definition) is 6. The van der Waals surface area contributed by atoms with Gasteiger partial charge in [0, 0.05) is 11.2 Å². The van der Waals surface area contributed by atoms with E-state index >= 15 is 0 Å². The second kappa shape index (κ2) is 7.21. The average Bonchev–Trinajstić information content (AvgIpc) is 2.58. The van der Waals surface area contributed by atoms with Crippen molar-refractivity contribution in [3.8, 4) is 0 Å². The van der Waals surface area contributed by atoms with E-state index in [-0.39, 0.29) is 0 Å². The summed E-state index contributed by atoms with van der Waals surface area (Å²) in [6.45, 7) is 0.539. The molecule has 23 heavy (non-hydrogen) atoms. The third-order valence-electron chi connectivity index (χ3n) is 2.91. The number of nitrogens with one attached hydrogen (secondary N) is 2. The van der Waals surface area contributed by atoms with Gasteiger partial charge in [-0.15, -0.1) is 5.10 Å². The summed E-state index contributed by atoms with van der Waals surface area (Å²) >= 11 is 12.1. The zero-order valence-electron chi connectivity index (χ0n) is 11.9. The maximum Gasteiger partial charge on any atom is 0.249 e. The molecule has 0 aliphatic heterocycles. The molecule has 0 aliphatic carbocycles. The summed E-state index contributed by atoms with van der Waals surface area (Å²) in [5.74, 6) is 0.895. The van der Waals surface area contributed by atoms with E-state index in [0.29, 0.717) is 34.0 Å². The molecule has 0 unspecified atom stereocenters. The highest BCUT2D eigenvalue weighted by molar-refractivity contribution is 6.35. The van der Waals surface area contributed by atoms with Gasteiger partial charge in [0.25, 0.3) is 0 Å². The Morgan fingerprint density at radius 1 is 1.09 bits per heavy atom. The lowest BCUT2D eigenvalue weighted by Crippen LogP contribution is -2.06. The first-order valence-corrected chi connectivity index (χ1v) is 7.52. The second-order valence-corrected chi connectivity index (χ2v) is 5.43. The number of aromatic nitrogens is 4. The summed E-state index contributed by atoms with van der Waals surface area (Å²) in [6, 6.07) is 10.8. The molecule has 0 saturated heterocycles. The Hall–Kier alpha value is -2.44. The zero-order valence-corrected chi connectivity index (χ0v) is 13.4. The van der Waals surface area contributed by atoms with Crippen LogP contribution in [0.25, 0.3) is 0 Å². The van der Waals surface area contributed by atoms with Gasteiger partial charge in [0.1, 0.15) is 0 Å². The number of hydrogen-bond donors (Lipinski definition) is 2. The summed E-state index contributed by atoms with van der Waals surface area (Å²) < 4.78 is 0. The Balaban J connectivity index is 1.71. The smallest absolute Gasteiger partial charge is 0.249 e. The predicted molar refractivity (Wildman–Crippen MR) is 91.1 cm³/mol. The predicted octanol–water partition coefficient (Wildman–Crippen LogP) is 3.93. The van der Waals surface area contributed by atoms with E-state index < -0.39 is 0 Å². The molecule has 116 valence electrons. The lowest BCUT2D eigenvalue weighted by Gasteiger charge is -2.09. The first-order valence-electron chi connectivity index (χ1n) is 6.76. The van der Waals surface area contributed by atoms with Crippen LogP contribution >= 0.6 is 23.2 Å². The molecule has 1 aromatic carbocycles. The van der Waals surface area contributed by atoms with Crippen molar-refractivity contribution < 1.29 is 0 Å². The van der Waals surface area contributed by atoms with Gasteiger partial charge in [0.05, 0.1) is 29.1 Å².